The number of benzene rings is 8. The van der Waals surface area contributed by atoms with Crippen LogP contribution in [0.15, 0.2) is 302 Å². The van der Waals surface area contributed by atoms with E-state index in [9.17, 15) is 72.0 Å². The van der Waals surface area contributed by atoms with Gasteiger partial charge in [-0.25, -0.2) is 33.7 Å². The molecule has 0 radical (unpaired) electrons. The summed E-state index contributed by atoms with van der Waals surface area (Å²) in [5.41, 5.74) is 10.1. The number of thiophene rings is 4. The predicted octanol–water partition coefficient (Wildman–Crippen LogP) is 16.4. The molecule has 0 bridgehead atoms. The molecule has 20 rings (SSSR count). The van der Waals surface area contributed by atoms with Gasteiger partial charge < -0.3 is 30.5 Å². The van der Waals surface area contributed by atoms with Gasteiger partial charge in [-0.1, -0.05) is 77.8 Å². The summed E-state index contributed by atoms with van der Waals surface area (Å²) in [6, 6.07) is 69.4. The molecular formula is C108H103Cl2N11O17S8. The number of ketones is 4. The Morgan fingerprint density at radius 2 is 0.740 bits per heavy atom. The van der Waals surface area contributed by atoms with Crippen molar-refractivity contribution in [3.63, 3.8) is 0 Å². The monoisotopic (exact) mass is 2150 g/mol. The van der Waals surface area contributed by atoms with Crippen LogP contribution in [0.2, 0.25) is 8.67 Å². The predicted molar refractivity (Wildman–Crippen MR) is 584 cm³/mol. The van der Waals surface area contributed by atoms with E-state index >= 15 is 0 Å². The lowest BCUT2D eigenvalue weighted by molar-refractivity contribution is -0.116. The third-order valence-corrected chi connectivity index (χ3v) is 38.8. The number of likely N-dealkylation sites (tertiary alicyclic amines) is 1. The van der Waals surface area contributed by atoms with Crippen molar-refractivity contribution >= 4 is 197 Å². The topological polar surface area (TPSA) is 360 Å². The minimum Gasteiger partial charge on any atom is -0.384 e. The van der Waals surface area contributed by atoms with E-state index in [1.54, 1.807) is 164 Å². The molecule has 38 heteroatoms. The molecule has 28 nitrogen and oxygen atoms in total. The maximum absolute atomic E-state index is 13.2. The van der Waals surface area contributed by atoms with Gasteiger partial charge in [0.05, 0.1) is 28.4 Å². The van der Waals surface area contributed by atoms with Crippen LogP contribution in [0, 0.1) is 13.8 Å². The second-order valence-electron chi connectivity index (χ2n) is 36.0. The third kappa shape index (κ3) is 25.9. The van der Waals surface area contributed by atoms with Crippen LogP contribution in [0.5, 0.6) is 0 Å². The Balaban J connectivity index is 0.000000133. The Labute approximate surface area is 869 Å². The van der Waals surface area contributed by atoms with Crippen molar-refractivity contribution < 1.29 is 57.6 Å². The molecular weight excluding hydrogens is 2050 g/mol. The van der Waals surface area contributed by atoms with Gasteiger partial charge in [0.1, 0.15) is 45.7 Å². The lowest BCUT2D eigenvalue weighted by Crippen LogP contribution is -2.39. The third-order valence-electron chi connectivity index (χ3n) is 25.3. The smallest absolute Gasteiger partial charge is 0.262 e. The number of carbonyl (C=O) groups is 4. The molecule has 0 atom stereocenters. The first-order chi connectivity index (χ1) is 70.1. The highest BCUT2D eigenvalue weighted by Crippen LogP contribution is 2.33. The van der Waals surface area contributed by atoms with Gasteiger partial charge in [0.15, 0.2) is 62.5 Å². The summed E-state index contributed by atoms with van der Waals surface area (Å²) in [6.45, 7) is 15.6. The maximum Gasteiger partial charge on any atom is 0.262 e. The largest absolute Gasteiger partial charge is 0.384 e. The summed E-state index contributed by atoms with van der Waals surface area (Å²) in [5, 5.41) is 16.2. The number of nitrogens with zero attached hydrogens (tertiary/aromatic N) is 8. The SMILES string of the molecule is Cc1ccc(S(=O)(=O)CC(=O)Cc2ccc(-n3ccc4cc(C5=NCCN5C)ccc4c3=O)cc2)s1.Cc1ccc(S(=O)(=O)CC(=O)Cc2ccc(-n3ccc4cc5c(cc4c3=O)CCN5)cc2)s1.O=C(Cc1ccc(-n2ccc3cc(NCCN4CCCC4)ccc3c2=O)cc1)CS(=O)(=O)c1ccc(Cl)s1.O=C(Cc1ccc(-n2ccc3cc(NCCN4CCOCC4)ccc3c2=O)cc1)CS(=O)(=O)c1ccc(Cl)s1. The Kier molecular flexibility index (Phi) is 33.0. The number of aryl methyl sites for hydroxylation is 2. The molecule has 8 aromatic carbocycles. The normalized spacial score (nSPS) is 14.0. The van der Waals surface area contributed by atoms with E-state index in [4.69, 9.17) is 27.9 Å². The van der Waals surface area contributed by atoms with E-state index < -0.39 is 73.9 Å². The van der Waals surface area contributed by atoms with Crippen LogP contribution >= 0.6 is 68.5 Å². The van der Waals surface area contributed by atoms with E-state index in [1.807, 2.05) is 112 Å². The van der Waals surface area contributed by atoms with Crippen LogP contribution in [-0.4, -0.2) is 211 Å². The summed E-state index contributed by atoms with van der Waals surface area (Å²) in [4.78, 5) is 116. The van der Waals surface area contributed by atoms with Crippen LogP contribution < -0.4 is 38.2 Å². The highest BCUT2D eigenvalue weighted by atomic mass is 35.5. The number of likely N-dealkylation sites (N-methyl/N-ethyl adjacent to an activating group) is 1. The van der Waals surface area contributed by atoms with Gasteiger partial charge in [0, 0.05) is 187 Å². The van der Waals surface area contributed by atoms with Crippen LogP contribution in [0.4, 0.5) is 17.1 Å². The van der Waals surface area contributed by atoms with Crippen molar-refractivity contribution in [2.75, 3.05) is 131 Å². The average molecular weight is 2150 g/mol. The molecule has 4 aliphatic heterocycles. The standard InChI is InChI=1S/C28H28ClN3O5S2.C28H28ClN3O4S2.C27H25N3O4S2.C25H22N2O4S2/c29-26-7-8-27(38-26)39(35,36)19-24(33)17-20-1-4-23(5-2-20)32-11-9-21-18-22(3-6-25(21)28(32)34)30-10-12-31-13-15-37-16-14-31;29-26-9-10-27(37-26)38(35,36)19-24(33)17-20-3-6-23(7-4-20)32-15-11-21-18-22(5-8-25(21)28(32)34)30-12-16-31-13-1-2-14-31;1-18-3-10-25(35-18)36(33,34)17-23(31)15-19-4-7-22(8-5-19)30-13-11-20-16-21(6-9-24(20)27(30)32)26-28-12-14-29(26)2;1-16-2-7-24(32-16)33(30,31)15-21(28)12-17-3-5-20(6-4-17)27-11-9-18-14-23-19(8-10-26-23)13-22(18)25(27)29/h1-9,11,18,30H,10,12-17,19H2;3-11,15,18,30H,1-2,12-14,16-17,19H2;3-11,13,16H,12,14-15,17H2,1-2H3;2-7,9,11,13-14,26H,8,10,12,15H2,1H3. The number of ether oxygens (including phenoxy) is 1. The lowest BCUT2D eigenvalue weighted by atomic mass is 10.1. The number of aliphatic imine (C=N–C) groups is 1. The number of pyridine rings is 4. The number of morpholine rings is 1. The van der Waals surface area contributed by atoms with Crippen molar-refractivity contribution in [1.29, 1.82) is 0 Å². The fourth-order valence-electron chi connectivity index (χ4n) is 17.8. The van der Waals surface area contributed by atoms with Crippen molar-refractivity contribution in [3.8, 4) is 22.7 Å². The minimum absolute atomic E-state index is 0.0115. The lowest BCUT2D eigenvalue weighted by Gasteiger charge is -2.26. The number of hydrogen-bond donors (Lipinski definition) is 3. The summed E-state index contributed by atoms with van der Waals surface area (Å²) in [6.07, 6.45) is 10.4. The van der Waals surface area contributed by atoms with Crippen LogP contribution in [0.1, 0.15) is 56.0 Å². The number of rotatable bonds is 33. The summed E-state index contributed by atoms with van der Waals surface area (Å²) < 4.78 is 113. The molecule has 16 aromatic rings. The maximum atomic E-state index is 13.2. The van der Waals surface area contributed by atoms with E-state index in [0.717, 1.165) is 167 Å². The number of halogens is 2. The fraction of sp³-hybridized carbons (Fsp3) is 0.250. The number of Topliss-reactive ketones (excluding diaryl/α,β-unsaturated/α-hetero) is 4. The van der Waals surface area contributed by atoms with Gasteiger partial charge in [-0.3, -0.25) is 66.5 Å². The molecule has 8 aromatic heterocycles. The number of hydrogen-bond acceptors (Lipinski definition) is 28. The Hall–Kier alpha value is -12.8. The zero-order valence-corrected chi connectivity index (χ0v) is 87.9. The van der Waals surface area contributed by atoms with Crippen LogP contribution in [0.25, 0.3) is 65.8 Å². The van der Waals surface area contributed by atoms with Crippen molar-refractivity contribution in [2.45, 2.75) is 75.6 Å². The van der Waals surface area contributed by atoms with Crippen LogP contribution in [0.3, 0.4) is 0 Å². The number of aromatic nitrogens is 4. The fourth-order valence-corrected chi connectivity index (χ4v) is 28.6. The highest BCUT2D eigenvalue weighted by molar-refractivity contribution is 7.95. The molecule has 4 aliphatic rings. The Morgan fingerprint density at radius 1 is 0.390 bits per heavy atom. The number of carbonyl (C=O) groups excluding carboxylic acids is 4. The molecule has 0 unspecified atom stereocenters. The molecule has 2 saturated heterocycles. The number of amidine groups is 1. The zero-order valence-electron chi connectivity index (χ0n) is 79.8. The number of sulfone groups is 4. The first-order valence-corrected chi connectivity index (χ1v) is 57.8. The highest BCUT2D eigenvalue weighted by Gasteiger charge is 2.28. The average Bonchev–Trinajstić information content (AvgIpc) is 1.44. The van der Waals surface area contributed by atoms with Gasteiger partial charge in [0.2, 0.25) is 0 Å². The van der Waals surface area contributed by atoms with E-state index in [2.05, 4.69) is 35.6 Å². The molecule has 0 aliphatic carbocycles. The Bertz CT molecular complexity index is 8440. The van der Waals surface area contributed by atoms with Gasteiger partial charge in [-0.05, 0) is 278 Å². The van der Waals surface area contributed by atoms with Gasteiger partial charge in [-0.15, -0.1) is 45.3 Å². The van der Waals surface area contributed by atoms with E-state index in [-0.39, 0.29) is 76.3 Å². The zero-order chi connectivity index (χ0) is 103. The summed E-state index contributed by atoms with van der Waals surface area (Å²) >= 11 is 15.9. The first-order valence-electron chi connectivity index (χ1n) is 47.2. The number of nitrogens with one attached hydrogen (secondary N) is 3. The molecule has 12 heterocycles. The van der Waals surface area contributed by atoms with Gasteiger partial charge in [0.25, 0.3) is 22.2 Å². The first kappa shape index (κ1) is 105. The number of fused-ring (bicyclic) bond motifs is 5. The quantitative estimate of drug-likeness (QED) is 0.0344. The van der Waals surface area contributed by atoms with Crippen molar-refractivity contribution in [3.05, 3.63) is 355 Å². The molecule has 0 spiro atoms. The molecule has 0 amide bonds. The summed E-state index contributed by atoms with van der Waals surface area (Å²) in [5.74, 6) is -2.82. The molecule has 0 saturated carbocycles. The van der Waals surface area contributed by atoms with E-state index in [0.29, 0.717) is 75.2 Å². The van der Waals surface area contributed by atoms with Gasteiger partial charge >= 0.3 is 0 Å². The number of anilines is 3. The van der Waals surface area contributed by atoms with Crippen molar-refractivity contribution in [2.24, 2.45) is 4.99 Å². The molecule has 3 N–H and O–H groups in total. The second kappa shape index (κ2) is 46.1. The second-order valence-corrected chi connectivity index (χ2v) is 50.9. The molecule has 2 fully saturated rings. The van der Waals surface area contributed by atoms with Crippen molar-refractivity contribution in [1.82, 2.24) is 33.0 Å². The minimum atomic E-state index is -3.72. The van der Waals surface area contributed by atoms with E-state index in [1.165, 1.54) is 72.9 Å². The molecule has 754 valence electrons. The van der Waals surface area contributed by atoms with Crippen LogP contribution in [-0.2, 0) is 95.4 Å². The summed E-state index contributed by atoms with van der Waals surface area (Å²) in [7, 11) is -12.7. The Morgan fingerprint density at radius 3 is 1.10 bits per heavy atom. The van der Waals surface area contributed by atoms with Gasteiger partial charge in [-0.2, -0.15) is 0 Å². The molecule has 146 heavy (non-hydrogen) atoms.